The highest BCUT2D eigenvalue weighted by Crippen LogP contribution is 2.43. The Bertz CT molecular complexity index is 1250. The average Bonchev–Trinajstić information content (AvgIpc) is 3.31. The van der Waals surface area contributed by atoms with Crippen LogP contribution in [0.4, 0.5) is 5.13 Å². The summed E-state index contributed by atoms with van der Waals surface area (Å²) < 4.78 is 4.78. The predicted octanol–water partition coefficient (Wildman–Crippen LogP) is 4.52. The van der Waals surface area contributed by atoms with Gasteiger partial charge in [0.15, 0.2) is 5.13 Å². The summed E-state index contributed by atoms with van der Waals surface area (Å²) in [4.78, 5) is 44.1. The molecule has 0 radical (unpaired) electrons. The quantitative estimate of drug-likeness (QED) is 0.262. The van der Waals surface area contributed by atoms with Crippen molar-refractivity contribution in [3.8, 4) is 0 Å². The van der Waals surface area contributed by atoms with Gasteiger partial charge in [-0.3, -0.25) is 14.5 Å². The zero-order valence-electron chi connectivity index (χ0n) is 17.0. The first kappa shape index (κ1) is 21.7. The molecule has 1 aliphatic heterocycles. The van der Waals surface area contributed by atoms with E-state index in [1.807, 2.05) is 0 Å². The van der Waals surface area contributed by atoms with Gasteiger partial charge in [0.25, 0.3) is 5.78 Å². The van der Waals surface area contributed by atoms with E-state index in [1.54, 1.807) is 61.5 Å². The molecule has 162 valence electrons. The molecule has 1 N–H and O–H groups in total. The second-order valence-corrected chi connectivity index (χ2v) is 8.40. The number of thiazole rings is 1. The van der Waals surface area contributed by atoms with Crippen LogP contribution in [0.25, 0.3) is 5.76 Å². The van der Waals surface area contributed by atoms with Gasteiger partial charge >= 0.3 is 11.9 Å². The molecule has 2 heterocycles. The molecule has 4 rings (SSSR count). The molecule has 0 spiro atoms. The molecule has 1 atom stereocenters. The smallest absolute Gasteiger partial charge is 0.350 e. The van der Waals surface area contributed by atoms with E-state index in [4.69, 9.17) is 16.3 Å². The number of methoxy groups -OCH3 is 1. The number of amides is 1. The number of carbonyl (C=O) groups excluding carboxylic acids is 3. The summed E-state index contributed by atoms with van der Waals surface area (Å²) in [7, 11) is 1.25. The van der Waals surface area contributed by atoms with E-state index in [1.165, 1.54) is 12.0 Å². The highest BCUT2D eigenvalue weighted by molar-refractivity contribution is 7.17. The molecular formula is C23H17ClN2O5S. The fourth-order valence-corrected chi connectivity index (χ4v) is 4.65. The topological polar surface area (TPSA) is 96.8 Å². The molecule has 7 nitrogen and oxygen atoms in total. The van der Waals surface area contributed by atoms with Gasteiger partial charge in [-0.2, -0.15) is 0 Å². The molecule has 0 aliphatic carbocycles. The first-order chi connectivity index (χ1) is 15.3. The number of aliphatic hydroxyl groups excluding tert-OH is 1. The Labute approximate surface area is 192 Å². The monoisotopic (exact) mass is 468 g/mol. The van der Waals surface area contributed by atoms with Gasteiger partial charge in [0.1, 0.15) is 10.6 Å². The average molecular weight is 469 g/mol. The lowest BCUT2D eigenvalue weighted by Crippen LogP contribution is -2.29. The van der Waals surface area contributed by atoms with E-state index >= 15 is 0 Å². The number of ketones is 1. The molecule has 1 saturated heterocycles. The van der Waals surface area contributed by atoms with E-state index in [9.17, 15) is 19.5 Å². The molecule has 0 bridgehead atoms. The number of aryl methyl sites for hydroxylation is 1. The third kappa shape index (κ3) is 3.68. The number of ether oxygens (including phenoxy) is 1. The molecule has 1 fully saturated rings. The summed E-state index contributed by atoms with van der Waals surface area (Å²) in [6.45, 7) is 1.62. The van der Waals surface area contributed by atoms with Crippen molar-refractivity contribution in [2.45, 2.75) is 13.0 Å². The number of benzene rings is 2. The van der Waals surface area contributed by atoms with E-state index < -0.39 is 23.7 Å². The maximum Gasteiger partial charge on any atom is 0.350 e. The maximum absolute atomic E-state index is 13.1. The van der Waals surface area contributed by atoms with Crippen LogP contribution in [0.5, 0.6) is 0 Å². The van der Waals surface area contributed by atoms with Gasteiger partial charge in [-0.1, -0.05) is 53.3 Å². The lowest BCUT2D eigenvalue weighted by molar-refractivity contribution is -0.132. The molecule has 1 unspecified atom stereocenters. The van der Waals surface area contributed by atoms with E-state index in [-0.39, 0.29) is 21.3 Å². The van der Waals surface area contributed by atoms with Gasteiger partial charge in [0.2, 0.25) is 0 Å². The summed E-state index contributed by atoms with van der Waals surface area (Å²) in [6, 6.07) is 14.2. The number of halogens is 1. The van der Waals surface area contributed by atoms with Crippen LogP contribution in [0, 0.1) is 6.92 Å². The second-order valence-electron chi connectivity index (χ2n) is 6.99. The van der Waals surface area contributed by atoms with Gasteiger partial charge in [-0.25, -0.2) is 9.78 Å². The van der Waals surface area contributed by atoms with Crippen LogP contribution in [0.15, 0.2) is 60.2 Å². The Balaban J connectivity index is 1.92. The van der Waals surface area contributed by atoms with E-state index in [2.05, 4.69) is 4.98 Å². The standard InChI is InChI=1S/C23H17ClN2O5S/c1-12-20(22(30)31-2)32-23(25-12)26-17(13-6-4-3-5-7-13)16(19(28)21(26)29)18(27)14-8-10-15(24)11-9-14/h3-11,17,27H,1-2H3/b18-16+. The number of nitrogens with zero attached hydrogens (tertiary/aromatic N) is 2. The van der Waals surface area contributed by atoms with Gasteiger partial charge < -0.3 is 9.84 Å². The fourth-order valence-electron chi connectivity index (χ4n) is 3.51. The van der Waals surface area contributed by atoms with Crippen LogP contribution in [-0.2, 0) is 14.3 Å². The van der Waals surface area contributed by atoms with Crippen molar-refractivity contribution in [2.24, 2.45) is 0 Å². The Kier molecular flexibility index (Phi) is 5.82. The summed E-state index contributed by atoms with van der Waals surface area (Å²) in [5.74, 6) is -2.60. The van der Waals surface area contributed by atoms with Crippen LogP contribution < -0.4 is 4.90 Å². The van der Waals surface area contributed by atoms with Crippen molar-refractivity contribution < 1.29 is 24.2 Å². The lowest BCUT2D eigenvalue weighted by Gasteiger charge is -2.22. The predicted molar refractivity (Wildman–Crippen MR) is 121 cm³/mol. The van der Waals surface area contributed by atoms with Gasteiger partial charge in [-0.05, 0) is 36.8 Å². The van der Waals surface area contributed by atoms with Gasteiger partial charge in [0, 0.05) is 10.6 Å². The van der Waals surface area contributed by atoms with E-state index in [0.29, 0.717) is 21.8 Å². The van der Waals surface area contributed by atoms with Crippen LogP contribution in [0.3, 0.4) is 0 Å². The minimum absolute atomic E-state index is 0.0732. The number of Topliss-reactive ketones (excluding diaryl/α,β-unsaturated/α-hetero) is 1. The lowest BCUT2D eigenvalue weighted by atomic mass is 9.95. The first-order valence-electron chi connectivity index (χ1n) is 9.51. The Morgan fingerprint density at radius 1 is 1.12 bits per heavy atom. The molecule has 1 aliphatic rings. The van der Waals surface area contributed by atoms with Crippen molar-refractivity contribution in [2.75, 3.05) is 12.0 Å². The highest BCUT2D eigenvalue weighted by atomic mass is 35.5. The number of anilines is 1. The van der Waals surface area contributed by atoms with E-state index in [0.717, 1.165) is 11.3 Å². The number of hydrogen-bond acceptors (Lipinski definition) is 7. The zero-order valence-corrected chi connectivity index (χ0v) is 18.6. The van der Waals surface area contributed by atoms with Crippen molar-refractivity contribution in [3.05, 3.63) is 86.9 Å². The summed E-state index contributed by atoms with van der Waals surface area (Å²) >= 11 is 6.89. The molecule has 0 saturated carbocycles. The number of aromatic nitrogens is 1. The van der Waals surface area contributed by atoms with Crippen molar-refractivity contribution in [1.29, 1.82) is 0 Å². The first-order valence-corrected chi connectivity index (χ1v) is 10.7. The Hall–Kier alpha value is -3.49. The third-order valence-electron chi connectivity index (χ3n) is 5.04. The number of carbonyl (C=O) groups is 3. The maximum atomic E-state index is 13.1. The summed E-state index contributed by atoms with van der Waals surface area (Å²) in [5.41, 5.74) is 1.26. The minimum Gasteiger partial charge on any atom is -0.507 e. The third-order valence-corrected chi connectivity index (χ3v) is 6.43. The molecule has 32 heavy (non-hydrogen) atoms. The van der Waals surface area contributed by atoms with Crippen LogP contribution in [0.1, 0.15) is 32.5 Å². The Morgan fingerprint density at radius 2 is 1.78 bits per heavy atom. The molecular weight excluding hydrogens is 452 g/mol. The van der Waals surface area contributed by atoms with Crippen molar-refractivity contribution >= 4 is 51.5 Å². The Morgan fingerprint density at radius 3 is 2.41 bits per heavy atom. The molecule has 9 heteroatoms. The minimum atomic E-state index is -0.928. The fraction of sp³-hybridized carbons (Fsp3) is 0.130. The molecule has 3 aromatic rings. The summed E-state index contributed by atoms with van der Waals surface area (Å²) in [6.07, 6.45) is 0. The van der Waals surface area contributed by atoms with Crippen LogP contribution in [-0.4, -0.2) is 34.9 Å². The van der Waals surface area contributed by atoms with Crippen LogP contribution in [0.2, 0.25) is 5.02 Å². The summed E-state index contributed by atoms with van der Waals surface area (Å²) in [5, 5.41) is 11.7. The van der Waals surface area contributed by atoms with Crippen LogP contribution >= 0.6 is 22.9 Å². The zero-order chi connectivity index (χ0) is 23.0. The normalized spacial score (nSPS) is 17.6. The van der Waals surface area contributed by atoms with Gasteiger partial charge in [-0.15, -0.1) is 0 Å². The molecule has 1 aromatic heterocycles. The number of esters is 1. The van der Waals surface area contributed by atoms with Crippen molar-refractivity contribution in [3.63, 3.8) is 0 Å². The highest BCUT2D eigenvalue weighted by Gasteiger charge is 2.48. The number of hydrogen-bond donors (Lipinski definition) is 1. The van der Waals surface area contributed by atoms with Crippen molar-refractivity contribution in [1.82, 2.24) is 4.98 Å². The number of rotatable bonds is 4. The second kappa shape index (κ2) is 8.57. The molecule has 2 aromatic carbocycles. The SMILES string of the molecule is COC(=O)c1sc(N2C(=O)C(=O)/C(=C(/O)c3ccc(Cl)cc3)C2c2ccccc2)nc1C. The van der Waals surface area contributed by atoms with Gasteiger partial charge in [0.05, 0.1) is 24.4 Å². The largest absolute Gasteiger partial charge is 0.507 e. The molecule has 1 amide bonds. The number of aliphatic hydroxyl groups is 1.